The second-order valence-corrected chi connectivity index (χ2v) is 5.43. The Balaban J connectivity index is 2.67. The van der Waals surface area contributed by atoms with Crippen LogP contribution in [0.25, 0.3) is 0 Å². The van der Waals surface area contributed by atoms with Crippen LogP contribution in [0.1, 0.15) is 29.5 Å². The van der Waals surface area contributed by atoms with Gasteiger partial charge in [0.05, 0.1) is 16.5 Å². The van der Waals surface area contributed by atoms with Gasteiger partial charge >= 0.3 is 18.3 Å². The summed E-state index contributed by atoms with van der Waals surface area (Å²) in [7, 11) is 0. The molecule has 9 heteroatoms. The first-order valence-electron chi connectivity index (χ1n) is 6.71. The molecule has 0 saturated carbocycles. The topological polar surface area (TPSA) is 49.3 Å². The molecule has 128 valence electrons. The highest BCUT2D eigenvalue weighted by molar-refractivity contribution is 5.82. The molecule has 1 heterocycles. The van der Waals surface area contributed by atoms with Crippen molar-refractivity contribution in [1.82, 2.24) is 5.32 Å². The van der Waals surface area contributed by atoms with Crippen LogP contribution in [0.3, 0.4) is 0 Å². The highest BCUT2D eigenvalue weighted by Gasteiger charge is 2.45. The largest absolute Gasteiger partial charge is 0.481 e. The van der Waals surface area contributed by atoms with Gasteiger partial charge in [0.25, 0.3) is 0 Å². The van der Waals surface area contributed by atoms with Gasteiger partial charge in [-0.15, -0.1) is 0 Å². The summed E-state index contributed by atoms with van der Waals surface area (Å²) in [6.07, 6.45) is -10.2. The van der Waals surface area contributed by atoms with Crippen molar-refractivity contribution in [2.45, 2.75) is 30.6 Å². The van der Waals surface area contributed by atoms with E-state index in [0.717, 1.165) is 0 Å². The van der Waals surface area contributed by atoms with E-state index < -0.39 is 40.4 Å². The second kappa shape index (κ2) is 5.70. The average molecular weight is 341 g/mol. The van der Waals surface area contributed by atoms with E-state index in [1.807, 2.05) is 0 Å². The molecular weight excluding hydrogens is 328 g/mol. The number of hydrogen-bond donors (Lipinski definition) is 2. The minimum absolute atomic E-state index is 0.000126. The lowest BCUT2D eigenvalue weighted by atomic mass is 9.72. The molecule has 0 unspecified atom stereocenters. The Bertz CT molecular complexity index is 570. The molecule has 0 radical (unpaired) electrons. The lowest BCUT2D eigenvalue weighted by Crippen LogP contribution is -2.45. The number of alkyl halides is 6. The third-order valence-electron chi connectivity index (χ3n) is 4.01. The van der Waals surface area contributed by atoms with E-state index in [0.29, 0.717) is 12.1 Å². The molecule has 2 N–H and O–H groups in total. The lowest BCUT2D eigenvalue weighted by molar-refractivity contribution is -0.147. The molecule has 0 aliphatic carbocycles. The van der Waals surface area contributed by atoms with Gasteiger partial charge in [0.1, 0.15) is 0 Å². The Kier molecular flexibility index (Phi) is 4.36. The SMILES string of the molecule is O=C(O)C1(c2cc(C(F)(F)F)cc(C(F)(F)F)c2)CCNCC1. The zero-order chi connectivity index (χ0) is 17.5. The number of nitrogens with one attached hydrogen (secondary N) is 1. The fraction of sp³-hybridized carbons (Fsp3) is 0.500. The van der Waals surface area contributed by atoms with Crippen LogP contribution in [0.5, 0.6) is 0 Å². The van der Waals surface area contributed by atoms with Crippen molar-refractivity contribution in [2.75, 3.05) is 13.1 Å². The molecule has 1 aromatic carbocycles. The molecule has 1 aliphatic heterocycles. The monoisotopic (exact) mass is 341 g/mol. The number of hydrogen-bond acceptors (Lipinski definition) is 2. The summed E-state index contributed by atoms with van der Waals surface area (Å²) < 4.78 is 77.4. The zero-order valence-corrected chi connectivity index (χ0v) is 11.7. The van der Waals surface area contributed by atoms with Crippen LogP contribution in [-0.4, -0.2) is 24.2 Å². The van der Waals surface area contributed by atoms with Crippen molar-refractivity contribution in [3.05, 3.63) is 34.9 Å². The predicted molar refractivity (Wildman–Crippen MR) is 67.9 cm³/mol. The minimum atomic E-state index is -5.00. The quantitative estimate of drug-likeness (QED) is 0.811. The molecule has 2 rings (SSSR count). The fourth-order valence-corrected chi connectivity index (χ4v) is 2.71. The number of benzene rings is 1. The first-order valence-corrected chi connectivity index (χ1v) is 6.71. The van der Waals surface area contributed by atoms with Crippen LogP contribution in [0.2, 0.25) is 0 Å². The van der Waals surface area contributed by atoms with Gasteiger partial charge in [-0.05, 0) is 49.7 Å². The molecule has 23 heavy (non-hydrogen) atoms. The van der Waals surface area contributed by atoms with E-state index in [1.54, 1.807) is 0 Å². The van der Waals surface area contributed by atoms with Crippen molar-refractivity contribution in [3.63, 3.8) is 0 Å². The summed E-state index contributed by atoms with van der Waals surface area (Å²) in [5.74, 6) is -1.42. The van der Waals surface area contributed by atoms with Crippen molar-refractivity contribution in [3.8, 4) is 0 Å². The van der Waals surface area contributed by atoms with Gasteiger partial charge in [-0.25, -0.2) is 0 Å². The molecule has 0 spiro atoms. The number of piperidine rings is 1. The van der Waals surface area contributed by atoms with E-state index in [1.165, 1.54) is 0 Å². The van der Waals surface area contributed by atoms with E-state index in [2.05, 4.69) is 5.32 Å². The number of carboxylic acid groups (broad SMARTS) is 1. The maximum atomic E-state index is 12.9. The van der Waals surface area contributed by atoms with Crippen molar-refractivity contribution >= 4 is 5.97 Å². The Morgan fingerprint density at radius 3 is 1.74 bits per heavy atom. The highest BCUT2D eigenvalue weighted by Crippen LogP contribution is 2.41. The molecule has 1 saturated heterocycles. The average Bonchev–Trinajstić information content (AvgIpc) is 2.45. The van der Waals surface area contributed by atoms with Crippen LogP contribution in [0.15, 0.2) is 18.2 Å². The normalized spacial score (nSPS) is 18.7. The molecule has 0 amide bonds. The van der Waals surface area contributed by atoms with Crippen LogP contribution in [0, 0.1) is 0 Å². The Morgan fingerprint density at radius 2 is 1.39 bits per heavy atom. The Hall–Kier alpha value is -1.77. The van der Waals surface area contributed by atoms with E-state index in [-0.39, 0.29) is 32.0 Å². The maximum Gasteiger partial charge on any atom is 0.416 e. The Morgan fingerprint density at radius 1 is 0.957 bits per heavy atom. The molecule has 0 bridgehead atoms. The van der Waals surface area contributed by atoms with Gasteiger partial charge in [-0.3, -0.25) is 4.79 Å². The van der Waals surface area contributed by atoms with E-state index in [9.17, 15) is 36.2 Å². The van der Waals surface area contributed by atoms with Gasteiger partial charge in [-0.1, -0.05) is 0 Å². The second-order valence-electron chi connectivity index (χ2n) is 5.43. The highest BCUT2D eigenvalue weighted by atomic mass is 19.4. The van der Waals surface area contributed by atoms with Gasteiger partial charge in [0.2, 0.25) is 0 Å². The summed E-state index contributed by atoms with van der Waals surface area (Å²) in [5, 5.41) is 12.3. The van der Waals surface area contributed by atoms with Gasteiger partial charge in [0, 0.05) is 0 Å². The van der Waals surface area contributed by atoms with Gasteiger partial charge < -0.3 is 10.4 Å². The summed E-state index contributed by atoms with van der Waals surface area (Å²) in [6.45, 7) is 0.397. The van der Waals surface area contributed by atoms with Crippen LogP contribution < -0.4 is 5.32 Å². The fourth-order valence-electron chi connectivity index (χ4n) is 2.71. The number of rotatable bonds is 2. The molecule has 1 aliphatic rings. The minimum Gasteiger partial charge on any atom is -0.481 e. The van der Waals surface area contributed by atoms with Crippen LogP contribution >= 0.6 is 0 Å². The molecule has 0 atom stereocenters. The van der Waals surface area contributed by atoms with Crippen molar-refractivity contribution in [2.24, 2.45) is 0 Å². The first kappa shape index (κ1) is 17.6. The van der Waals surface area contributed by atoms with Gasteiger partial charge in [-0.2, -0.15) is 26.3 Å². The summed E-state index contributed by atoms with van der Waals surface area (Å²) >= 11 is 0. The zero-order valence-electron chi connectivity index (χ0n) is 11.7. The molecule has 1 fully saturated rings. The summed E-state index contributed by atoms with van der Waals surface area (Å²) in [5.41, 5.74) is -5.22. The molecule has 1 aromatic rings. The van der Waals surface area contributed by atoms with E-state index >= 15 is 0 Å². The lowest BCUT2D eigenvalue weighted by Gasteiger charge is -2.34. The number of carbonyl (C=O) groups is 1. The summed E-state index contributed by atoms with van der Waals surface area (Å²) in [4.78, 5) is 11.6. The molecule has 0 aromatic heterocycles. The standard InChI is InChI=1S/C14H13F6NO2/c15-13(16,17)9-5-8(6-10(7-9)14(18,19)20)12(11(22)23)1-3-21-4-2-12/h5-7,21H,1-4H2,(H,22,23). The third kappa shape index (κ3) is 3.44. The van der Waals surface area contributed by atoms with Gasteiger partial charge in [0.15, 0.2) is 0 Å². The van der Waals surface area contributed by atoms with Crippen molar-refractivity contribution < 1.29 is 36.2 Å². The number of aliphatic carboxylic acids is 1. The summed E-state index contributed by atoms with van der Waals surface area (Å²) in [6, 6.07) is 1.02. The van der Waals surface area contributed by atoms with Crippen LogP contribution in [-0.2, 0) is 22.6 Å². The maximum absolute atomic E-state index is 12.9. The molecular formula is C14H13F6NO2. The predicted octanol–water partition coefficient (Wildman–Crippen LogP) is 3.43. The number of halogens is 6. The Labute approximate surface area is 127 Å². The third-order valence-corrected chi connectivity index (χ3v) is 4.01. The first-order chi connectivity index (χ1) is 10.5. The van der Waals surface area contributed by atoms with Crippen LogP contribution in [0.4, 0.5) is 26.3 Å². The molecule has 3 nitrogen and oxygen atoms in total. The smallest absolute Gasteiger partial charge is 0.416 e. The number of carboxylic acids is 1. The van der Waals surface area contributed by atoms with E-state index in [4.69, 9.17) is 0 Å². The van der Waals surface area contributed by atoms with Crippen molar-refractivity contribution in [1.29, 1.82) is 0 Å².